The van der Waals surface area contributed by atoms with E-state index >= 15 is 0 Å². The largest absolute Gasteiger partial charge is 0.496 e. The molecule has 1 aliphatic carbocycles. The van der Waals surface area contributed by atoms with Crippen LogP contribution in [0.25, 0.3) is 27.8 Å². The number of methoxy groups -OCH3 is 1. The lowest BCUT2D eigenvalue weighted by Crippen LogP contribution is -2.38. The monoisotopic (exact) mass is 552 g/mol. The van der Waals surface area contributed by atoms with Crippen molar-refractivity contribution < 1.29 is 27.8 Å². The zero-order valence-corrected chi connectivity index (χ0v) is 22.1. The van der Waals surface area contributed by atoms with Crippen LogP contribution in [0.5, 0.6) is 11.5 Å². The molecule has 1 saturated carbocycles. The van der Waals surface area contributed by atoms with Gasteiger partial charge < -0.3 is 19.5 Å². The highest BCUT2D eigenvalue weighted by molar-refractivity contribution is 6.00. The van der Waals surface area contributed by atoms with E-state index in [1.807, 2.05) is 35.3 Å². The van der Waals surface area contributed by atoms with Crippen molar-refractivity contribution >= 4 is 16.9 Å². The molecule has 2 aromatic carbocycles. The van der Waals surface area contributed by atoms with Crippen LogP contribution >= 0.6 is 0 Å². The maximum Gasteiger partial charge on any atom is 0.387 e. The second kappa shape index (κ2) is 11.2. The molecule has 2 aromatic heterocycles. The van der Waals surface area contributed by atoms with Crippen LogP contribution < -0.4 is 14.8 Å². The van der Waals surface area contributed by atoms with Crippen LogP contribution in [-0.2, 0) is 11.3 Å². The number of hydrogen-bond acceptors (Lipinski definition) is 7. The van der Waals surface area contributed by atoms with Gasteiger partial charge in [0, 0.05) is 49.6 Å². The number of imidazole rings is 1. The van der Waals surface area contributed by atoms with Gasteiger partial charge in [0.2, 0.25) is 0 Å². The Balaban J connectivity index is 1.27. The number of morpholine rings is 1. The highest BCUT2D eigenvalue weighted by Gasteiger charge is 2.29. The van der Waals surface area contributed by atoms with E-state index in [9.17, 15) is 13.6 Å². The molecule has 6 rings (SSSR count). The van der Waals surface area contributed by atoms with Crippen LogP contribution in [0.15, 0.2) is 49.1 Å². The lowest BCUT2D eigenvalue weighted by molar-refractivity contribution is -0.0502. The number of amides is 1. The molecular weight excluding hydrogens is 522 g/mol. The van der Waals surface area contributed by atoms with E-state index < -0.39 is 12.5 Å². The van der Waals surface area contributed by atoms with Gasteiger partial charge in [-0.05, 0) is 30.5 Å². The fourth-order valence-corrected chi connectivity index (χ4v) is 4.88. The number of halogens is 2. The van der Waals surface area contributed by atoms with Crippen molar-refractivity contribution in [3.05, 3.63) is 54.6 Å². The third-order valence-corrected chi connectivity index (χ3v) is 7.17. The summed E-state index contributed by atoms with van der Waals surface area (Å²) in [6.45, 7) is 2.00. The summed E-state index contributed by atoms with van der Waals surface area (Å²) in [5.41, 5.74) is 3.81. The number of rotatable bonds is 10. The fraction of sp³-hybridized carbons (Fsp3) is 0.393. The Morgan fingerprint density at radius 3 is 2.67 bits per heavy atom. The Morgan fingerprint density at radius 1 is 1.12 bits per heavy atom. The Hall–Kier alpha value is -4.03. The Bertz CT molecular complexity index is 1510. The van der Waals surface area contributed by atoms with Crippen LogP contribution in [0, 0.1) is 0 Å². The van der Waals surface area contributed by atoms with Crippen molar-refractivity contribution in [1.29, 1.82) is 0 Å². The number of benzene rings is 2. The van der Waals surface area contributed by atoms with Crippen LogP contribution in [0.3, 0.4) is 0 Å². The first kappa shape index (κ1) is 26.2. The number of carbonyl (C=O) groups excluding carboxylic acids is 1. The Morgan fingerprint density at radius 2 is 1.93 bits per heavy atom. The number of carbonyl (C=O) groups is 1. The maximum atomic E-state index is 13.3. The summed E-state index contributed by atoms with van der Waals surface area (Å²) in [5, 5.41) is 7.33. The Labute approximate surface area is 229 Å². The quantitative estimate of drug-likeness (QED) is 0.320. The summed E-state index contributed by atoms with van der Waals surface area (Å²) in [7, 11) is 1.39. The predicted octanol–water partition coefficient (Wildman–Crippen LogP) is 3.72. The number of nitrogens with zero attached hydrogens (tertiary/aromatic N) is 5. The van der Waals surface area contributed by atoms with Gasteiger partial charge in [0.05, 0.1) is 49.8 Å². The molecule has 3 heterocycles. The first-order chi connectivity index (χ1) is 19.5. The van der Waals surface area contributed by atoms with E-state index in [0.29, 0.717) is 11.2 Å². The highest BCUT2D eigenvalue weighted by atomic mass is 19.3. The average molecular weight is 553 g/mol. The zero-order valence-electron chi connectivity index (χ0n) is 22.1. The lowest BCUT2D eigenvalue weighted by Gasteiger charge is -2.26. The smallest absolute Gasteiger partial charge is 0.387 e. The number of hydrogen-bond donors (Lipinski definition) is 1. The van der Waals surface area contributed by atoms with Crippen molar-refractivity contribution in [3.8, 4) is 28.3 Å². The predicted molar refractivity (Wildman–Crippen MR) is 143 cm³/mol. The Kier molecular flexibility index (Phi) is 7.35. The van der Waals surface area contributed by atoms with Crippen LogP contribution in [0.2, 0.25) is 0 Å². The van der Waals surface area contributed by atoms with E-state index in [1.165, 1.54) is 13.2 Å². The molecule has 1 N–H and O–H groups in total. The molecule has 2 fully saturated rings. The molecule has 1 saturated heterocycles. The van der Waals surface area contributed by atoms with Gasteiger partial charge in [0.15, 0.2) is 0 Å². The first-order valence-corrected chi connectivity index (χ1v) is 13.3. The molecule has 0 bridgehead atoms. The molecule has 10 nitrogen and oxygen atoms in total. The summed E-state index contributed by atoms with van der Waals surface area (Å²) in [5.74, 6) is -0.633. The van der Waals surface area contributed by atoms with Crippen LogP contribution in [-0.4, -0.2) is 82.7 Å². The second-order valence-electron chi connectivity index (χ2n) is 9.91. The number of fused-ring (bicyclic) bond motifs is 1. The topological polar surface area (TPSA) is 95.7 Å². The van der Waals surface area contributed by atoms with Crippen LogP contribution in [0.4, 0.5) is 8.78 Å². The van der Waals surface area contributed by atoms with Gasteiger partial charge in [0.25, 0.3) is 5.91 Å². The van der Waals surface area contributed by atoms with Crippen molar-refractivity contribution in [1.82, 2.24) is 29.5 Å². The first-order valence-electron chi connectivity index (χ1n) is 13.3. The number of nitrogens with one attached hydrogen (secondary N) is 1. The van der Waals surface area contributed by atoms with Crippen molar-refractivity contribution in [2.75, 3.05) is 40.0 Å². The molecule has 0 spiro atoms. The molecule has 210 valence electrons. The number of ether oxygens (including phenoxy) is 3. The van der Waals surface area contributed by atoms with Gasteiger partial charge in [0.1, 0.15) is 23.4 Å². The third kappa shape index (κ3) is 5.63. The number of alkyl halides is 2. The SMILES string of the molecule is COc1cc(-n2cnc3cc(-c4cnn(CCN5CCOCC5)c4)ccc32)cc(OC(F)F)c1C(=O)NC1CC1. The minimum Gasteiger partial charge on any atom is -0.496 e. The molecule has 1 aliphatic heterocycles. The minimum absolute atomic E-state index is 0.0416. The highest BCUT2D eigenvalue weighted by Crippen LogP contribution is 2.35. The van der Waals surface area contributed by atoms with Crippen molar-refractivity contribution in [2.45, 2.75) is 32.0 Å². The molecular formula is C28H30F2N6O4. The zero-order chi connectivity index (χ0) is 27.6. The third-order valence-electron chi connectivity index (χ3n) is 7.17. The molecule has 4 aromatic rings. The lowest BCUT2D eigenvalue weighted by atomic mass is 10.1. The average Bonchev–Trinajstić information content (AvgIpc) is 3.47. The molecule has 0 radical (unpaired) electrons. The number of aromatic nitrogens is 4. The minimum atomic E-state index is -3.11. The van der Waals surface area contributed by atoms with Crippen LogP contribution in [0.1, 0.15) is 23.2 Å². The van der Waals surface area contributed by atoms with Crippen molar-refractivity contribution in [2.24, 2.45) is 0 Å². The van der Waals surface area contributed by atoms with Gasteiger partial charge >= 0.3 is 6.61 Å². The van der Waals surface area contributed by atoms with Crippen molar-refractivity contribution in [3.63, 3.8) is 0 Å². The van der Waals surface area contributed by atoms with Gasteiger partial charge in [-0.15, -0.1) is 0 Å². The molecule has 12 heteroatoms. The van der Waals surface area contributed by atoms with E-state index in [4.69, 9.17) is 14.2 Å². The molecule has 40 heavy (non-hydrogen) atoms. The molecule has 1 amide bonds. The second-order valence-corrected chi connectivity index (χ2v) is 9.91. The van der Waals surface area contributed by atoms with Gasteiger partial charge in [-0.25, -0.2) is 4.98 Å². The van der Waals surface area contributed by atoms with Gasteiger partial charge in [-0.2, -0.15) is 13.9 Å². The molecule has 2 aliphatic rings. The van der Waals surface area contributed by atoms with E-state index in [0.717, 1.165) is 68.9 Å². The summed E-state index contributed by atoms with van der Waals surface area (Å²) in [4.78, 5) is 19.7. The molecule has 0 atom stereocenters. The summed E-state index contributed by atoms with van der Waals surface area (Å²) in [6, 6.07) is 8.91. The standard InChI is InChI=1S/C28H30F2N6O4/c1-38-24-13-21(14-25(40-28(29)30)26(24)27(37)33-20-3-4-20)36-17-31-22-12-18(2-5-23(22)36)19-15-32-35(16-19)7-6-34-8-10-39-11-9-34/h2,5,12-17,20,28H,3-4,6-11H2,1H3,(H,33,37). The van der Waals surface area contributed by atoms with Gasteiger partial charge in [-0.3, -0.25) is 18.9 Å². The summed E-state index contributed by atoms with van der Waals surface area (Å²) >= 11 is 0. The summed E-state index contributed by atoms with van der Waals surface area (Å²) < 4.78 is 46.0. The van der Waals surface area contributed by atoms with E-state index in [2.05, 4.69) is 20.3 Å². The molecule has 0 unspecified atom stereocenters. The normalized spacial score (nSPS) is 16.0. The maximum absolute atomic E-state index is 13.3. The van der Waals surface area contributed by atoms with E-state index in [1.54, 1.807) is 17.0 Å². The van der Waals surface area contributed by atoms with Gasteiger partial charge in [-0.1, -0.05) is 6.07 Å². The summed E-state index contributed by atoms with van der Waals surface area (Å²) in [6.07, 6.45) is 7.17. The fourth-order valence-electron chi connectivity index (χ4n) is 4.88. The van der Waals surface area contributed by atoms with E-state index in [-0.39, 0.29) is 23.1 Å².